The zero-order valence-electron chi connectivity index (χ0n) is 13.9. The first kappa shape index (κ1) is 18.0. The number of nitrogens with one attached hydrogen (secondary N) is 3. The molecule has 0 saturated carbocycles. The van der Waals surface area contributed by atoms with Gasteiger partial charge in [-0.05, 0) is 31.7 Å². The summed E-state index contributed by atoms with van der Waals surface area (Å²) >= 11 is 0. The van der Waals surface area contributed by atoms with Gasteiger partial charge in [0.25, 0.3) is 0 Å². The van der Waals surface area contributed by atoms with E-state index in [0.717, 1.165) is 19.3 Å². The zero-order chi connectivity index (χ0) is 16.2. The summed E-state index contributed by atoms with van der Waals surface area (Å²) < 4.78 is 0. The molecule has 3 N–H and O–H groups in total. The van der Waals surface area contributed by atoms with E-state index in [-0.39, 0.29) is 18.5 Å². The third kappa shape index (κ3) is 7.67. The summed E-state index contributed by atoms with van der Waals surface area (Å²) in [6.07, 6.45) is 2.96. The van der Waals surface area contributed by atoms with Crippen LogP contribution in [-0.4, -0.2) is 38.0 Å². The van der Waals surface area contributed by atoms with Crippen LogP contribution in [0.3, 0.4) is 0 Å². The molecule has 0 bridgehead atoms. The Morgan fingerprint density at radius 1 is 1.23 bits per heavy atom. The molecule has 0 aliphatic carbocycles. The Labute approximate surface area is 133 Å². The number of nitrogens with zero attached hydrogens (tertiary/aromatic N) is 1. The molecular formula is C17H28N4O. The van der Waals surface area contributed by atoms with E-state index in [1.807, 2.05) is 13.0 Å². The van der Waals surface area contributed by atoms with Crippen LogP contribution in [0.4, 0.5) is 0 Å². The van der Waals surface area contributed by atoms with Gasteiger partial charge in [0.1, 0.15) is 0 Å². The fourth-order valence-electron chi connectivity index (χ4n) is 2.02. The Kier molecular flexibility index (Phi) is 8.72. The first-order chi connectivity index (χ1) is 10.7. The van der Waals surface area contributed by atoms with Crippen LogP contribution in [0.2, 0.25) is 0 Å². The largest absolute Gasteiger partial charge is 0.355 e. The average molecular weight is 304 g/mol. The monoisotopic (exact) mass is 304 g/mol. The van der Waals surface area contributed by atoms with Crippen molar-refractivity contribution in [3.63, 3.8) is 0 Å². The minimum absolute atomic E-state index is 0.0123. The summed E-state index contributed by atoms with van der Waals surface area (Å²) in [4.78, 5) is 15.7. The third-order valence-electron chi connectivity index (χ3n) is 3.30. The van der Waals surface area contributed by atoms with Crippen molar-refractivity contribution in [3.8, 4) is 0 Å². The van der Waals surface area contributed by atoms with Gasteiger partial charge < -0.3 is 16.0 Å². The molecule has 5 nitrogen and oxygen atoms in total. The van der Waals surface area contributed by atoms with E-state index in [1.54, 1.807) is 7.05 Å². The summed E-state index contributed by atoms with van der Waals surface area (Å²) in [5.74, 6) is 0.647. The van der Waals surface area contributed by atoms with Crippen LogP contribution >= 0.6 is 0 Å². The molecule has 0 aliphatic rings. The Balaban J connectivity index is 2.28. The number of hydrogen-bond acceptors (Lipinski definition) is 2. The van der Waals surface area contributed by atoms with Gasteiger partial charge >= 0.3 is 0 Å². The SMILES string of the molecule is CCCNC(=O)CNC(=NC)NC(C)CCc1ccccc1. The highest BCUT2D eigenvalue weighted by Crippen LogP contribution is 2.04. The fourth-order valence-corrected chi connectivity index (χ4v) is 2.02. The van der Waals surface area contributed by atoms with Gasteiger partial charge in [0.15, 0.2) is 5.96 Å². The van der Waals surface area contributed by atoms with E-state index < -0.39 is 0 Å². The molecule has 0 spiro atoms. The third-order valence-corrected chi connectivity index (χ3v) is 3.30. The highest BCUT2D eigenvalue weighted by molar-refractivity contribution is 5.86. The van der Waals surface area contributed by atoms with Crippen LogP contribution in [0.1, 0.15) is 32.3 Å². The molecule has 1 aromatic carbocycles. The maximum Gasteiger partial charge on any atom is 0.239 e. The zero-order valence-corrected chi connectivity index (χ0v) is 13.9. The van der Waals surface area contributed by atoms with Gasteiger partial charge in [-0.15, -0.1) is 0 Å². The van der Waals surface area contributed by atoms with E-state index >= 15 is 0 Å². The van der Waals surface area contributed by atoms with Gasteiger partial charge in [-0.1, -0.05) is 37.3 Å². The molecule has 0 fully saturated rings. The van der Waals surface area contributed by atoms with E-state index in [0.29, 0.717) is 12.5 Å². The lowest BCUT2D eigenvalue weighted by Gasteiger charge is -2.17. The van der Waals surface area contributed by atoms with Crippen molar-refractivity contribution in [2.45, 2.75) is 39.2 Å². The molecule has 0 saturated heterocycles. The normalized spacial score (nSPS) is 12.6. The summed E-state index contributed by atoms with van der Waals surface area (Å²) in [5.41, 5.74) is 1.33. The quantitative estimate of drug-likeness (QED) is 0.506. The predicted octanol–water partition coefficient (Wildman–Crippen LogP) is 1.70. The molecule has 1 unspecified atom stereocenters. The Bertz CT molecular complexity index is 459. The van der Waals surface area contributed by atoms with Crippen LogP contribution in [0.15, 0.2) is 35.3 Å². The lowest BCUT2D eigenvalue weighted by Crippen LogP contribution is -2.46. The van der Waals surface area contributed by atoms with Gasteiger partial charge in [-0.2, -0.15) is 0 Å². The molecule has 5 heteroatoms. The molecule has 1 rings (SSSR count). The number of carbonyl (C=O) groups is 1. The molecule has 122 valence electrons. The molecule has 0 aromatic heterocycles. The number of rotatable bonds is 8. The second-order valence-corrected chi connectivity index (χ2v) is 5.35. The minimum atomic E-state index is -0.0123. The van der Waals surface area contributed by atoms with Crippen LogP contribution in [0.5, 0.6) is 0 Å². The smallest absolute Gasteiger partial charge is 0.239 e. The molecular weight excluding hydrogens is 276 g/mol. The molecule has 0 radical (unpaired) electrons. The van der Waals surface area contributed by atoms with Gasteiger partial charge in [0.2, 0.25) is 5.91 Å². The van der Waals surface area contributed by atoms with Crippen molar-refractivity contribution in [2.75, 3.05) is 20.1 Å². The maximum absolute atomic E-state index is 11.6. The molecule has 1 aromatic rings. The first-order valence-electron chi connectivity index (χ1n) is 7.93. The Morgan fingerprint density at radius 2 is 1.95 bits per heavy atom. The second-order valence-electron chi connectivity index (χ2n) is 5.35. The lowest BCUT2D eigenvalue weighted by molar-refractivity contribution is -0.120. The number of aliphatic imine (C=N–C) groups is 1. The number of carbonyl (C=O) groups excluding carboxylic acids is 1. The van der Waals surface area contributed by atoms with Crippen LogP contribution < -0.4 is 16.0 Å². The molecule has 1 atom stereocenters. The number of hydrogen-bond donors (Lipinski definition) is 3. The Hall–Kier alpha value is -2.04. The predicted molar refractivity (Wildman–Crippen MR) is 92.0 cm³/mol. The van der Waals surface area contributed by atoms with Gasteiger partial charge in [0.05, 0.1) is 6.54 Å². The summed E-state index contributed by atoms with van der Waals surface area (Å²) in [6, 6.07) is 10.7. The number of guanidine groups is 1. The van der Waals surface area contributed by atoms with Crippen LogP contribution in [0, 0.1) is 0 Å². The molecule has 0 heterocycles. The van der Waals surface area contributed by atoms with Crippen molar-refractivity contribution in [2.24, 2.45) is 4.99 Å². The van der Waals surface area contributed by atoms with Crippen molar-refractivity contribution < 1.29 is 4.79 Å². The van der Waals surface area contributed by atoms with E-state index in [1.165, 1.54) is 5.56 Å². The van der Waals surface area contributed by atoms with E-state index in [9.17, 15) is 4.79 Å². The van der Waals surface area contributed by atoms with Crippen molar-refractivity contribution in [3.05, 3.63) is 35.9 Å². The average Bonchev–Trinajstić information content (AvgIpc) is 2.55. The van der Waals surface area contributed by atoms with Crippen molar-refractivity contribution >= 4 is 11.9 Å². The topological polar surface area (TPSA) is 65.5 Å². The first-order valence-corrected chi connectivity index (χ1v) is 7.93. The summed E-state index contributed by atoms with van der Waals surface area (Å²) in [7, 11) is 1.71. The summed E-state index contributed by atoms with van der Waals surface area (Å²) in [5, 5.41) is 9.17. The fraction of sp³-hybridized carbons (Fsp3) is 0.529. The van der Waals surface area contributed by atoms with Crippen LogP contribution in [-0.2, 0) is 11.2 Å². The maximum atomic E-state index is 11.6. The molecule has 1 amide bonds. The van der Waals surface area contributed by atoms with Gasteiger partial charge in [-0.25, -0.2) is 0 Å². The number of aryl methyl sites for hydroxylation is 1. The molecule has 22 heavy (non-hydrogen) atoms. The van der Waals surface area contributed by atoms with Gasteiger partial charge in [-0.3, -0.25) is 9.79 Å². The minimum Gasteiger partial charge on any atom is -0.355 e. The standard InChI is InChI=1S/C17H28N4O/c1-4-12-19-16(22)13-20-17(18-3)21-14(2)10-11-15-8-6-5-7-9-15/h5-9,14H,4,10-13H2,1-3H3,(H,19,22)(H2,18,20,21). The molecule has 0 aliphatic heterocycles. The Morgan fingerprint density at radius 3 is 2.59 bits per heavy atom. The highest BCUT2D eigenvalue weighted by Gasteiger charge is 2.07. The van der Waals surface area contributed by atoms with E-state index in [4.69, 9.17) is 0 Å². The highest BCUT2D eigenvalue weighted by atomic mass is 16.1. The lowest BCUT2D eigenvalue weighted by atomic mass is 10.1. The summed E-state index contributed by atoms with van der Waals surface area (Å²) in [6.45, 7) is 5.10. The number of amides is 1. The van der Waals surface area contributed by atoms with E-state index in [2.05, 4.69) is 52.1 Å². The van der Waals surface area contributed by atoms with Crippen molar-refractivity contribution in [1.29, 1.82) is 0 Å². The van der Waals surface area contributed by atoms with Gasteiger partial charge in [0, 0.05) is 19.6 Å². The van der Waals surface area contributed by atoms with Crippen molar-refractivity contribution in [1.82, 2.24) is 16.0 Å². The number of benzene rings is 1. The van der Waals surface area contributed by atoms with Crippen LogP contribution in [0.25, 0.3) is 0 Å². The second kappa shape index (κ2) is 10.7.